The number of hydrogen-bond donors (Lipinski definition) is 1. The van der Waals surface area contributed by atoms with E-state index >= 15 is 0 Å². The molecule has 7 nitrogen and oxygen atoms in total. The van der Waals surface area contributed by atoms with Crippen LogP contribution in [0.2, 0.25) is 0 Å². The van der Waals surface area contributed by atoms with E-state index in [0.29, 0.717) is 31.9 Å². The maximum Gasteiger partial charge on any atom is 0.307 e. The predicted octanol–water partition coefficient (Wildman–Crippen LogP) is 0.457. The minimum Gasteiger partial charge on any atom is -0.469 e. The third kappa shape index (κ3) is 4.51. The molecule has 0 spiro atoms. The van der Waals surface area contributed by atoms with Crippen LogP contribution in [0.25, 0.3) is 0 Å². The van der Waals surface area contributed by atoms with E-state index in [1.165, 1.54) is 11.4 Å². The van der Waals surface area contributed by atoms with Crippen LogP contribution in [-0.4, -0.2) is 52.1 Å². The van der Waals surface area contributed by atoms with E-state index in [0.717, 1.165) is 0 Å². The Bertz CT molecular complexity index is 585. The maximum atomic E-state index is 12.4. The van der Waals surface area contributed by atoms with E-state index in [9.17, 15) is 13.2 Å². The third-order valence-corrected chi connectivity index (χ3v) is 5.03. The largest absolute Gasteiger partial charge is 0.469 e. The average molecular weight is 328 g/mol. The van der Waals surface area contributed by atoms with Crippen molar-refractivity contribution in [3.8, 4) is 0 Å². The summed E-state index contributed by atoms with van der Waals surface area (Å²) in [6.45, 7) is 1.34. The van der Waals surface area contributed by atoms with Gasteiger partial charge in [-0.1, -0.05) is 30.3 Å². The lowest BCUT2D eigenvalue weighted by atomic mass is 10.1. The normalized spacial score (nSPS) is 17.9. The van der Waals surface area contributed by atoms with Crippen LogP contribution in [0.15, 0.2) is 30.3 Å². The molecule has 1 aromatic rings. The van der Waals surface area contributed by atoms with Gasteiger partial charge < -0.3 is 9.47 Å². The summed E-state index contributed by atoms with van der Waals surface area (Å²) >= 11 is 0. The Labute approximate surface area is 130 Å². The van der Waals surface area contributed by atoms with Gasteiger partial charge in [0.25, 0.3) is 10.2 Å². The van der Waals surface area contributed by atoms with Crippen LogP contribution < -0.4 is 4.72 Å². The molecule has 0 amide bonds. The van der Waals surface area contributed by atoms with Gasteiger partial charge in [-0.3, -0.25) is 4.79 Å². The maximum absolute atomic E-state index is 12.4. The Morgan fingerprint density at radius 2 is 1.95 bits per heavy atom. The van der Waals surface area contributed by atoms with Crippen LogP contribution in [-0.2, 0) is 24.5 Å². The van der Waals surface area contributed by atoms with E-state index in [1.807, 2.05) is 6.07 Å². The number of hydrogen-bond acceptors (Lipinski definition) is 5. The Morgan fingerprint density at radius 1 is 1.32 bits per heavy atom. The number of ether oxygens (including phenoxy) is 2. The Hall–Kier alpha value is -1.48. The zero-order valence-corrected chi connectivity index (χ0v) is 13.2. The summed E-state index contributed by atoms with van der Waals surface area (Å²) in [7, 11) is -2.41. The number of benzene rings is 1. The van der Waals surface area contributed by atoms with Gasteiger partial charge in [-0.15, -0.1) is 0 Å². The molecule has 0 bridgehead atoms. The quantitative estimate of drug-likeness (QED) is 0.767. The smallest absolute Gasteiger partial charge is 0.307 e. The summed E-state index contributed by atoms with van der Waals surface area (Å²) in [5.41, 5.74) is 0.713. The molecule has 1 heterocycles. The number of carbonyl (C=O) groups excluding carboxylic acids is 1. The van der Waals surface area contributed by atoms with Crippen molar-refractivity contribution < 1.29 is 22.7 Å². The molecule has 1 unspecified atom stereocenters. The molecular formula is C14H20N2O5S. The number of esters is 1. The Morgan fingerprint density at radius 3 is 2.55 bits per heavy atom. The highest BCUT2D eigenvalue weighted by molar-refractivity contribution is 7.87. The number of carbonyl (C=O) groups is 1. The first kappa shape index (κ1) is 16.9. The second-order valence-electron chi connectivity index (χ2n) is 4.88. The van der Waals surface area contributed by atoms with Crippen molar-refractivity contribution in [2.24, 2.45) is 0 Å². The zero-order chi connectivity index (χ0) is 16.0. The lowest BCUT2D eigenvalue weighted by Crippen LogP contribution is -2.47. The Kier molecular flexibility index (Phi) is 5.90. The summed E-state index contributed by atoms with van der Waals surface area (Å²) in [6.07, 6.45) is -0.0654. The van der Waals surface area contributed by atoms with E-state index in [4.69, 9.17) is 4.74 Å². The van der Waals surface area contributed by atoms with Crippen molar-refractivity contribution in [2.45, 2.75) is 12.5 Å². The van der Waals surface area contributed by atoms with Crippen molar-refractivity contribution >= 4 is 16.2 Å². The van der Waals surface area contributed by atoms with E-state index < -0.39 is 22.2 Å². The second kappa shape index (κ2) is 7.68. The molecule has 1 aromatic carbocycles. The van der Waals surface area contributed by atoms with Crippen LogP contribution >= 0.6 is 0 Å². The summed E-state index contributed by atoms with van der Waals surface area (Å²) in [6, 6.07) is 8.30. The summed E-state index contributed by atoms with van der Waals surface area (Å²) in [5, 5.41) is 0. The molecule has 1 aliphatic heterocycles. The number of morpholine rings is 1. The predicted molar refractivity (Wildman–Crippen MR) is 80.3 cm³/mol. The summed E-state index contributed by atoms with van der Waals surface area (Å²) in [4.78, 5) is 11.6. The lowest BCUT2D eigenvalue weighted by Gasteiger charge is -2.28. The van der Waals surface area contributed by atoms with Gasteiger partial charge in [-0.2, -0.15) is 17.4 Å². The number of rotatable bonds is 6. The zero-order valence-electron chi connectivity index (χ0n) is 12.4. The molecule has 2 rings (SSSR count). The molecule has 0 radical (unpaired) electrons. The fraction of sp³-hybridized carbons (Fsp3) is 0.500. The molecule has 1 fully saturated rings. The fourth-order valence-corrected chi connectivity index (χ4v) is 3.56. The van der Waals surface area contributed by atoms with E-state index in [1.54, 1.807) is 24.3 Å². The fourth-order valence-electron chi connectivity index (χ4n) is 2.20. The lowest BCUT2D eigenvalue weighted by molar-refractivity contribution is -0.141. The molecule has 22 heavy (non-hydrogen) atoms. The molecule has 122 valence electrons. The minimum absolute atomic E-state index is 0.0654. The van der Waals surface area contributed by atoms with Crippen molar-refractivity contribution in [3.05, 3.63) is 35.9 Å². The van der Waals surface area contributed by atoms with Gasteiger partial charge in [0.1, 0.15) is 0 Å². The van der Waals surface area contributed by atoms with Crippen LogP contribution in [0.4, 0.5) is 0 Å². The van der Waals surface area contributed by atoms with Crippen LogP contribution in [0.3, 0.4) is 0 Å². The summed E-state index contributed by atoms with van der Waals surface area (Å²) < 4.78 is 38.6. The number of nitrogens with zero attached hydrogens (tertiary/aromatic N) is 1. The van der Waals surface area contributed by atoms with Crippen LogP contribution in [0.1, 0.15) is 18.0 Å². The number of methoxy groups -OCH3 is 1. The standard InChI is InChI=1S/C14H20N2O5S/c1-20-14(17)11-13(12-5-3-2-4-6-12)15-22(18,19)16-7-9-21-10-8-16/h2-6,13,15H,7-11H2,1H3. The monoisotopic (exact) mass is 328 g/mol. The SMILES string of the molecule is COC(=O)CC(NS(=O)(=O)N1CCOCC1)c1ccccc1. The first-order valence-electron chi connectivity index (χ1n) is 7.00. The van der Waals surface area contributed by atoms with Gasteiger partial charge in [0.15, 0.2) is 0 Å². The average Bonchev–Trinajstić information content (AvgIpc) is 2.55. The topological polar surface area (TPSA) is 84.9 Å². The molecule has 1 aliphatic rings. The van der Waals surface area contributed by atoms with E-state index in [2.05, 4.69) is 9.46 Å². The van der Waals surface area contributed by atoms with Gasteiger partial charge >= 0.3 is 5.97 Å². The highest BCUT2D eigenvalue weighted by Crippen LogP contribution is 2.19. The molecule has 1 atom stereocenters. The molecule has 1 saturated heterocycles. The van der Waals surface area contributed by atoms with Crippen LogP contribution in [0, 0.1) is 0 Å². The van der Waals surface area contributed by atoms with Crippen molar-refractivity contribution in [1.29, 1.82) is 0 Å². The minimum atomic E-state index is -3.69. The van der Waals surface area contributed by atoms with Gasteiger partial charge in [0.2, 0.25) is 0 Å². The van der Waals surface area contributed by atoms with Gasteiger partial charge in [0.05, 0.1) is 32.8 Å². The molecule has 0 aliphatic carbocycles. The summed E-state index contributed by atoms with van der Waals surface area (Å²) in [5.74, 6) is -0.474. The first-order chi connectivity index (χ1) is 10.5. The molecular weight excluding hydrogens is 308 g/mol. The Balaban J connectivity index is 2.16. The third-order valence-electron chi connectivity index (χ3n) is 3.40. The molecule has 8 heteroatoms. The molecule has 0 aromatic heterocycles. The molecule has 0 saturated carbocycles. The highest BCUT2D eigenvalue weighted by atomic mass is 32.2. The van der Waals surface area contributed by atoms with Crippen molar-refractivity contribution in [3.63, 3.8) is 0 Å². The second-order valence-corrected chi connectivity index (χ2v) is 6.58. The van der Waals surface area contributed by atoms with Gasteiger partial charge in [-0.25, -0.2) is 0 Å². The molecule has 1 N–H and O–H groups in total. The van der Waals surface area contributed by atoms with Gasteiger partial charge in [-0.05, 0) is 5.56 Å². The van der Waals surface area contributed by atoms with Crippen molar-refractivity contribution in [1.82, 2.24) is 9.03 Å². The van der Waals surface area contributed by atoms with Crippen LogP contribution in [0.5, 0.6) is 0 Å². The number of nitrogens with one attached hydrogen (secondary N) is 1. The van der Waals surface area contributed by atoms with Gasteiger partial charge in [0, 0.05) is 13.1 Å². The van der Waals surface area contributed by atoms with E-state index in [-0.39, 0.29) is 6.42 Å². The highest BCUT2D eigenvalue weighted by Gasteiger charge is 2.28. The first-order valence-corrected chi connectivity index (χ1v) is 8.44. The van der Waals surface area contributed by atoms with Crippen molar-refractivity contribution in [2.75, 3.05) is 33.4 Å².